The van der Waals surface area contributed by atoms with Gasteiger partial charge in [-0.05, 0) is 32.0 Å². The molecule has 0 saturated carbocycles. The van der Waals surface area contributed by atoms with Crippen molar-refractivity contribution in [1.29, 1.82) is 0 Å². The van der Waals surface area contributed by atoms with Gasteiger partial charge >= 0.3 is 5.69 Å². The van der Waals surface area contributed by atoms with Crippen LogP contribution in [0, 0.1) is 17.0 Å². The molecule has 22 heavy (non-hydrogen) atoms. The highest BCUT2D eigenvalue weighted by molar-refractivity contribution is 6.31. The number of carbonyl (C=O) groups excluding carboxylic acids is 1. The van der Waals surface area contributed by atoms with E-state index in [9.17, 15) is 20.0 Å². The minimum Gasteiger partial charge on any atom is -0.506 e. The number of phenolic OH excluding ortho intramolecular Hbond substituents is 1. The number of nitrogens with zero attached hydrogens (tertiary/aromatic N) is 3. The summed E-state index contributed by atoms with van der Waals surface area (Å²) in [6.45, 7) is 3.05. The standard InChI is InChI=1S/C13H13ClN4O4/c1-7-11(18(21)22)6-15-17(7)8(2)13(20)16-10-5-9(14)3-4-12(10)19/h3-6,8,19H,1-2H3,(H,16,20). The molecule has 0 saturated heterocycles. The van der Waals surface area contributed by atoms with Gasteiger partial charge in [0.15, 0.2) is 0 Å². The number of nitrogens with one attached hydrogen (secondary N) is 1. The van der Waals surface area contributed by atoms with Crippen molar-refractivity contribution in [2.24, 2.45) is 0 Å². The molecule has 0 spiro atoms. The Morgan fingerprint density at radius 2 is 2.23 bits per heavy atom. The first-order chi connectivity index (χ1) is 10.3. The summed E-state index contributed by atoms with van der Waals surface area (Å²) in [6.07, 6.45) is 1.09. The number of phenols is 1. The fourth-order valence-electron chi connectivity index (χ4n) is 1.94. The largest absolute Gasteiger partial charge is 0.506 e. The Kier molecular flexibility index (Phi) is 4.32. The first-order valence-corrected chi connectivity index (χ1v) is 6.67. The molecule has 0 aliphatic carbocycles. The molecule has 0 bridgehead atoms. The molecule has 0 aliphatic heterocycles. The van der Waals surface area contributed by atoms with E-state index < -0.39 is 16.9 Å². The Bertz CT molecular complexity index is 744. The number of halogens is 1. The van der Waals surface area contributed by atoms with Crippen LogP contribution in [0.3, 0.4) is 0 Å². The summed E-state index contributed by atoms with van der Waals surface area (Å²) in [5.74, 6) is -0.619. The Balaban J connectivity index is 2.22. The van der Waals surface area contributed by atoms with Gasteiger partial charge in [0.2, 0.25) is 5.91 Å². The van der Waals surface area contributed by atoms with Gasteiger partial charge in [-0.2, -0.15) is 5.10 Å². The number of anilines is 1. The van der Waals surface area contributed by atoms with Gasteiger partial charge in [0.1, 0.15) is 23.7 Å². The maximum absolute atomic E-state index is 12.2. The van der Waals surface area contributed by atoms with E-state index in [-0.39, 0.29) is 22.8 Å². The molecule has 1 aromatic carbocycles. The molecule has 1 amide bonds. The van der Waals surface area contributed by atoms with E-state index >= 15 is 0 Å². The second-order valence-corrected chi connectivity index (χ2v) is 5.08. The summed E-state index contributed by atoms with van der Waals surface area (Å²) in [4.78, 5) is 22.5. The summed E-state index contributed by atoms with van der Waals surface area (Å²) in [6, 6.07) is 3.44. The van der Waals surface area contributed by atoms with Gasteiger partial charge in [-0.25, -0.2) is 0 Å². The van der Waals surface area contributed by atoms with Gasteiger partial charge < -0.3 is 10.4 Å². The number of amides is 1. The Morgan fingerprint density at radius 3 is 2.82 bits per heavy atom. The topological polar surface area (TPSA) is 110 Å². The summed E-state index contributed by atoms with van der Waals surface area (Å²) >= 11 is 5.81. The number of hydrogen-bond acceptors (Lipinski definition) is 5. The van der Waals surface area contributed by atoms with Gasteiger partial charge in [0.05, 0.1) is 10.6 Å². The number of nitro groups is 1. The normalized spacial score (nSPS) is 12.0. The van der Waals surface area contributed by atoms with Gasteiger partial charge in [0.25, 0.3) is 0 Å². The molecular formula is C13H13ClN4O4. The molecule has 116 valence electrons. The summed E-state index contributed by atoms with van der Waals surface area (Å²) in [5.41, 5.74) is 0.261. The number of aromatic hydroxyl groups is 1. The van der Waals surface area contributed by atoms with Crippen LogP contribution in [0.15, 0.2) is 24.4 Å². The van der Waals surface area contributed by atoms with E-state index in [2.05, 4.69) is 10.4 Å². The van der Waals surface area contributed by atoms with Crippen LogP contribution in [0.5, 0.6) is 5.75 Å². The third-order valence-corrected chi connectivity index (χ3v) is 3.41. The molecule has 1 atom stereocenters. The Hall–Kier alpha value is -2.61. The van der Waals surface area contributed by atoms with Crippen molar-refractivity contribution in [1.82, 2.24) is 9.78 Å². The monoisotopic (exact) mass is 324 g/mol. The predicted molar refractivity (Wildman–Crippen MR) is 80.1 cm³/mol. The molecule has 0 radical (unpaired) electrons. The molecule has 0 fully saturated rings. The minimum absolute atomic E-state index is 0.131. The van der Waals surface area contributed by atoms with E-state index in [4.69, 9.17) is 11.6 Å². The number of benzene rings is 1. The minimum atomic E-state index is -0.799. The van der Waals surface area contributed by atoms with Crippen molar-refractivity contribution in [3.05, 3.63) is 45.2 Å². The lowest BCUT2D eigenvalue weighted by Gasteiger charge is -2.14. The molecule has 1 aromatic heterocycles. The van der Waals surface area contributed by atoms with Crippen LogP contribution in [0.2, 0.25) is 5.02 Å². The molecule has 2 aromatic rings. The van der Waals surface area contributed by atoms with Crippen LogP contribution >= 0.6 is 11.6 Å². The second-order valence-electron chi connectivity index (χ2n) is 4.64. The van der Waals surface area contributed by atoms with Crippen LogP contribution < -0.4 is 5.32 Å². The number of carbonyl (C=O) groups is 1. The average molecular weight is 325 g/mol. The molecule has 1 heterocycles. The van der Waals surface area contributed by atoms with E-state index in [1.807, 2.05) is 0 Å². The van der Waals surface area contributed by atoms with E-state index in [0.717, 1.165) is 6.20 Å². The average Bonchev–Trinajstić information content (AvgIpc) is 2.83. The van der Waals surface area contributed by atoms with Gasteiger partial charge in [-0.1, -0.05) is 11.6 Å². The zero-order chi connectivity index (χ0) is 16.4. The third-order valence-electron chi connectivity index (χ3n) is 3.18. The first kappa shape index (κ1) is 15.8. The van der Waals surface area contributed by atoms with E-state index in [0.29, 0.717) is 5.02 Å². The highest BCUT2D eigenvalue weighted by Gasteiger charge is 2.24. The van der Waals surface area contributed by atoms with Crippen molar-refractivity contribution < 1.29 is 14.8 Å². The molecule has 9 heteroatoms. The SMILES string of the molecule is Cc1c([N+](=O)[O-])cnn1C(C)C(=O)Nc1cc(Cl)ccc1O. The lowest BCUT2D eigenvalue weighted by Crippen LogP contribution is -2.25. The van der Waals surface area contributed by atoms with E-state index in [1.54, 1.807) is 6.92 Å². The fraction of sp³-hybridized carbons (Fsp3) is 0.231. The zero-order valence-corrected chi connectivity index (χ0v) is 12.5. The van der Waals surface area contributed by atoms with Crippen molar-refractivity contribution in [2.45, 2.75) is 19.9 Å². The maximum atomic E-state index is 12.2. The van der Waals surface area contributed by atoms with Crippen molar-refractivity contribution in [3.8, 4) is 5.75 Å². The number of hydrogen-bond donors (Lipinski definition) is 2. The van der Waals surface area contributed by atoms with Crippen LogP contribution in [0.4, 0.5) is 11.4 Å². The van der Waals surface area contributed by atoms with Crippen molar-refractivity contribution >= 4 is 28.9 Å². The number of aromatic nitrogens is 2. The molecular weight excluding hydrogens is 312 g/mol. The van der Waals surface area contributed by atoms with Crippen LogP contribution in [0.1, 0.15) is 18.7 Å². The van der Waals surface area contributed by atoms with Crippen molar-refractivity contribution in [2.75, 3.05) is 5.32 Å². The third kappa shape index (κ3) is 3.01. The van der Waals surface area contributed by atoms with Crippen LogP contribution in [-0.4, -0.2) is 25.7 Å². The molecule has 2 N–H and O–H groups in total. The molecule has 0 aliphatic rings. The second kappa shape index (κ2) is 6.02. The summed E-state index contributed by atoms with van der Waals surface area (Å²) in [7, 11) is 0. The molecule has 1 unspecified atom stereocenters. The molecule has 2 rings (SSSR count). The Labute approximate surface area is 130 Å². The summed E-state index contributed by atoms with van der Waals surface area (Å²) < 4.78 is 1.25. The van der Waals surface area contributed by atoms with Gasteiger partial charge in [0, 0.05) is 5.02 Å². The van der Waals surface area contributed by atoms with Gasteiger partial charge in [-0.3, -0.25) is 19.6 Å². The Morgan fingerprint density at radius 1 is 1.55 bits per heavy atom. The first-order valence-electron chi connectivity index (χ1n) is 6.29. The quantitative estimate of drug-likeness (QED) is 0.510. The van der Waals surface area contributed by atoms with E-state index in [1.165, 1.54) is 29.8 Å². The smallest absolute Gasteiger partial charge is 0.309 e. The fourth-order valence-corrected chi connectivity index (χ4v) is 2.11. The highest BCUT2D eigenvalue weighted by Crippen LogP contribution is 2.28. The van der Waals surface area contributed by atoms with Gasteiger partial charge in [-0.15, -0.1) is 0 Å². The lowest BCUT2D eigenvalue weighted by molar-refractivity contribution is -0.385. The number of rotatable bonds is 4. The lowest BCUT2D eigenvalue weighted by atomic mass is 10.2. The molecule has 8 nitrogen and oxygen atoms in total. The maximum Gasteiger partial charge on any atom is 0.309 e. The van der Waals surface area contributed by atoms with Crippen LogP contribution in [-0.2, 0) is 4.79 Å². The highest BCUT2D eigenvalue weighted by atomic mass is 35.5. The predicted octanol–water partition coefficient (Wildman–Crippen LogP) is 2.66. The zero-order valence-electron chi connectivity index (χ0n) is 11.8. The van der Waals surface area contributed by atoms with Crippen LogP contribution in [0.25, 0.3) is 0 Å². The van der Waals surface area contributed by atoms with Crippen molar-refractivity contribution in [3.63, 3.8) is 0 Å². The summed E-state index contributed by atoms with van der Waals surface area (Å²) in [5, 5.41) is 27.2.